The van der Waals surface area contributed by atoms with E-state index in [-0.39, 0.29) is 22.0 Å². The molecule has 0 unspecified atom stereocenters. The van der Waals surface area contributed by atoms with Crippen LogP contribution in [0.1, 0.15) is 11.3 Å². The average molecular weight is 371 g/mol. The predicted molar refractivity (Wildman–Crippen MR) is 83.8 cm³/mol. The standard InChI is InChI=1S/C12H11BrN4O3S/c1-6-11(19)17(12(21)16-15-6)14-5-7-3-8(13)10(18)9(4-7)20-2/h3-5,18H,1-2H3,(H,16,21). The number of H-pyrrole nitrogens is 1. The number of methoxy groups -OCH3 is 1. The lowest BCUT2D eigenvalue weighted by atomic mass is 10.2. The fourth-order valence-corrected chi connectivity index (χ4v) is 2.16. The van der Waals surface area contributed by atoms with Crippen LogP contribution in [0, 0.1) is 11.7 Å². The van der Waals surface area contributed by atoms with Gasteiger partial charge < -0.3 is 9.84 Å². The monoisotopic (exact) mass is 370 g/mol. The van der Waals surface area contributed by atoms with Gasteiger partial charge in [-0.3, -0.25) is 9.89 Å². The maximum absolute atomic E-state index is 11.9. The quantitative estimate of drug-likeness (QED) is 0.636. The van der Waals surface area contributed by atoms with Crippen LogP contribution in [0.25, 0.3) is 0 Å². The minimum absolute atomic E-state index is 0.0103. The molecule has 0 fully saturated rings. The van der Waals surface area contributed by atoms with Crippen LogP contribution in [0.4, 0.5) is 0 Å². The number of hydrogen-bond acceptors (Lipinski definition) is 6. The van der Waals surface area contributed by atoms with Crippen molar-refractivity contribution in [1.82, 2.24) is 14.9 Å². The fraction of sp³-hybridized carbons (Fsp3) is 0.167. The van der Waals surface area contributed by atoms with Gasteiger partial charge in [0.2, 0.25) is 4.77 Å². The Hall–Kier alpha value is -2.00. The Bertz CT molecular complexity index is 828. The molecule has 2 aromatic rings. The summed E-state index contributed by atoms with van der Waals surface area (Å²) in [6.45, 7) is 1.56. The number of aromatic amines is 1. The molecule has 0 spiro atoms. The number of phenols is 1. The number of nitrogens with zero attached hydrogens (tertiary/aromatic N) is 3. The number of phenolic OH excluding ortho intramolecular Hbond substituents is 1. The Morgan fingerprint density at radius 3 is 2.95 bits per heavy atom. The van der Waals surface area contributed by atoms with Gasteiger partial charge in [0.25, 0.3) is 5.56 Å². The van der Waals surface area contributed by atoms with Crippen LogP contribution < -0.4 is 10.3 Å². The highest BCUT2D eigenvalue weighted by Crippen LogP contribution is 2.34. The van der Waals surface area contributed by atoms with Crippen molar-refractivity contribution in [3.05, 3.63) is 43.0 Å². The van der Waals surface area contributed by atoms with E-state index in [9.17, 15) is 9.90 Å². The molecule has 110 valence electrons. The Morgan fingerprint density at radius 2 is 2.29 bits per heavy atom. The van der Waals surface area contributed by atoms with Crippen molar-refractivity contribution in [2.75, 3.05) is 7.11 Å². The van der Waals surface area contributed by atoms with E-state index in [0.717, 1.165) is 4.68 Å². The van der Waals surface area contributed by atoms with Crippen LogP contribution in [0.15, 0.2) is 26.5 Å². The minimum atomic E-state index is -0.403. The molecular formula is C12H11BrN4O3S. The van der Waals surface area contributed by atoms with Crippen LogP contribution >= 0.6 is 28.1 Å². The zero-order valence-electron chi connectivity index (χ0n) is 11.1. The second kappa shape index (κ2) is 6.19. The summed E-state index contributed by atoms with van der Waals surface area (Å²) >= 11 is 8.17. The number of aromatic hydroxyl groups is 1. The van der Waals surface area contributed by atoms with Crippen molar-refractivity contribution in [1.29, 1.82) is 0 Å². The first-order valence-electron chi connectivity index (χ1n) is 5.73. The maximum Gasteiger partial charge on any atom is 0.296 e. The first-order chi connectivity index (χ1) is 9.93. The third kappa shape index (κ3) is 3.19. The number of benzene rings is 1. The Kier molecular flexibility index (Phi) is 4.53. The molecule has 2 N–H and O–H groups in total. The van der Waals surface area contributed by atoms with Crippen LogP contribution in [-0.4, -0.2) is 33.3 Å². The molecule has 0 aliphatic heterocycles. The van der Waals surface area contributed by atoms with Gasteiger partial charge in [-0.2, -0.15) is 14.9 Å². The Morgan fingerprint density at radius 1 is 1.57 bits per heavy atom. The topological polar surface area (TPSA) is 92.5 Å². The van der Waals surface area contributed by atoms with Crippen molar-refractivity contribution in [2.24, 2.45) is 5.10 Å². The van der Waals surface area contributed by atoms with Crippen molar-refractivity contribution in [3.8, 4) is 11.5 Å². The first-order valence-corrected chi connectivity index (χ1v) is 6.93. The normalized spacial score (nSPS) is 11.0. The number of rotatable bonds is 3. The summed E-state index contributed by atoms with van der Waals surface area (Å²) in [4.78, 5) is 11.9. The van der Waals surface area contributed by atoms with Gasteiger partial charge in [0.05, 0.1) is 17.8 Å². The average Bonchev–Trinajstić information content (AvgIpc) is 2.46. The molecule has 0 radical (unpaired) electrons. The largest absolute Gasteiger partial charge is 0.503 e. The smallest absolute Gasteiger partial charge is 0.296 e. The molecule has 1 aromatic heterocycles. The maximum atomic E-state index is 11.9. The summed E-state index contributed by atoms with van der Waals surface area (Å²) in [5.41, 5.74) is 0.470. The number of aromatic nitrogens is 3. The zero-order chi connectivity index (χ0) is 15.6. The molecule has 0 saturated carbocycles. The number of aryl methyl sites for hydroxylation is 1. The molecule has 7 nitrogen and oxygen atoms in total. The molecule has 0 bridgehead atoms. The molecule has 0 amide bonds. The van der Waals surface area contributed by atoms with E-state index in [1.807, 2.05) is 0 Å². The molecule has 0 atom stereocenters. The van der Waals surface area contributed by atoms with Crippen molar-refractivity contribution >= 4 is 34.4 Å². The van der Waals surface area contributed by atoms with Crippen molar-refractivity contribution in [2.45, 2.75) is 6.92 Å². The van der Waals surface area contributed by atoms with Crippen molar-refractivity contribution in [3.63, 3.8) is 0 Å². The number of hydrogen-bond donors (Lipinski definition) is 2. The van der Waals surface area contributed by atoms with Crippen molar-refractivity contribution < 1.29 is 9.84 Å². The van der Waals surface area contributed by atoms with Crippen LogP contribution in [0.3, 0.4) is 0 Å². The lowest BCUT2D eigenvalue weighted by molar-refractivity contribution is 0.372. The van der Waals surface area contributed by atoms with E-state index in [4.69, 9.17) is 17.0 Å². The van der Waals surface area contributed by atoms with E-state index < -0.39 is 5.56 Å². The second-order valence-corrected chi connectivity index (χ2v) is 5.27. The number of halogens is 1. The molecule has 0 saturated heterocycles. The summed E-state index contributed by atoms with van der Waals surface area (Å²) < 4.78 is 6.61. The van der Waals surface area contributed by atoms with E-state index in [0.29, 0.717) is 10.0 Å². The van der Waals surface area contributed by atoms with Gasteiger partial charge >= 0.3 is 0 Å². The van der Waals surface area contributed by atoms with Gasteiger partial charge in [0.15, 0.2) is 11.5 Å². The predicted octanol–water partition coefficient (Wildman–Crippen LogP) is 1.97. The molecule has 9 heteroatoms. The highest BCUT2D eigenvalue weighted by Gasteiger charge is 2.08. The molecule has 1 heterocycles. The van der Waals surface area contributed by atoms with E-state index in [1.54, 1.807) is 19.1 Å². The van der Waals surface area contributed by atoms with Gasteiger partial charge in [-0.15, -0.1) is 0 Å². The van der Waals surface area contributed by atoms with Crippen LogP contribution in [-0.2, 0) is 0 Å². The lowest BCUT2D eigenvalue weighted by Gasteiger charge is -2.06. The third-order valence-electron chi connectivity index (χ3n) is 2.61. The fourth-order valence-electron chi connectivity index (χ4n) is 1.53. The molecule has 1 aromatic carbocycles. The van der Waals surface area contributed by atoms with Gasteiger partial charge in [-0.1, -0.05) is 0 Å². The van der Waals surface area contributed by atoms with Gasteiger partial charge in [-0.25, -0.2) is 0 Å². The summed E-state index contributed by atoms with van der Waals surface area (Å²) in [5, 5.41) is 20.0. The highest BCUT2D eigenvalue weighted by molar-refractivity contribution is 9.10. The SMILES string of the molecule is COc1cc(C=Nn2c(=S)[nH]nc(C)c2=O)cc(Br)c1O. The Labute approximate surface area is 133 Å². The molecule has 0 aliphatic rings. The Balaban J connectivity index is 2.48. The summed E-state index contributed by atoms with van der Waals surface area (Å²) in [6, 6.07) is 3.21. The summed E-state index contributed by atoms with van der Waals surface area (Å²) in [5.74, 6) is 0.276. The molecule has 0 aliphatic carbocycles. The van der Waals surface area contributed by atoms with Gasteiger partial charge in [0.1, 0.15) is 5.69 Å². The zero-order valence-corrected chi connectivity index (χ0v) is 13.5. The van der Waals surface area contributed by atoms with Gasteiger partial charge in [-0.05, 0) is 52.8 Å². The highest BCUT2D eigenvalue weighted by atomic mass is 79.9. The lowest BCUT2D eigenvalue weighted by Crippen LogP contribution is -2.22. The van der Waals surface area contributed by atoms with E-state index in [2.05, 4.69) is 31.2 Å². The van der Waals surface area contributed by atoms with Crippen LogP contribution in [0.2, 0.25) is 0 Å². The molecule has 21 heavy (non-hydrogen) atoms. The number of ether oxygens (including phenoxy) is 1. The second-order valence-electron chi connectivity index (χ2n) is 4.03. The summed E-state index contributed by atoms with van der Waals surface area (Å²) in [7, 11) is 1.44. The van der Waals surface area contributed by atoms with E-state index in [1.165, 1.54) is 13.3 Å². The van der Waals surface area contributed by atoms with Crippen LogP contribution in [0.5, 0.6) is 11.5 Å². The first kappa shape index (κ1) is 15.4. The molecular weight excluding hydrogens is 360 g/mol. The molecule has 2 rings (SSSR count). The van der Waals surface area contributed by atoms with E-state index >= 15 is 0 Å². The third-order valence-corrected chi connectivity index (χ3v) is 3.48. The number of nitrogens with one attached hydrogen (secondary N) is 1. The minimum Gasteiger partial charge on any atom is -0.503 e. The summed E-state index contributed by atoms with van der Waals surface area (Å²) in [6.07, 6.45) is 1.43. The van der Waals surface area contributed by atoms with Gasteiger partial charge in [0, 0.05) is 0 Å².